The molecule has 1 aromatic carbocycles. The van der Waals surface area contributed by atoms with Gasteiger partial charge in [-0.3, -0.25) is 4.79 Å². The van der Waals surface area contributed by atoms with Gasteiger partial charge in [0.05, 0.1) is 0 Å². The highest BCUT2D eigenvalue weighted by molar-refractivity contribution is 6.29. The SMILES string of the molecule is Cc1ccc(CN(C)C(=O)c2ccnc(Cl)c2)cc1. The van der Waals surface area contributed by atoms with E-state index in [2.05, 4.69) is 4.98 Å². The van der Waals surface area contributed by atoms with Crippen molar-refractivity contribution in [1.82, 2.24) is 9.88 Å². The fourth-order valence-corrected chi connectivity index (χ4v) is 1.97. The molecule has 0 aliphatic heterocycles. The molecule has 98 valence electrons. The van der Waals surface area contributed by atoms with Gasteiger partial charge >= 0.3 is 0 Å². The monoisotopic (exact) mass is 274 g/mol. The summed E-state index contributed by atoms with van der Waals surface area (Å²) in [6.45, 7) is 2.61. The quantitative estimate of drug-likeness (QED) is 0.805. The maximum absolute atomic E-state index is 12.2. The zero-order valence-electron chi connectivity index (χ0n) is 10.9. The third-order valence-corrected chi connectivity index (χ3v) is 3.07. The highest BCUT2D eigenvalue weighted by Crippen LogP contribution is 2.12. The van der Waals surface area contributed by atoms with Crippen molar-refractivity contribution in [1.29, 1.82) is 0 Å². The first-order valence-corrected chi connectivity index (χ1v) is 6.36. The third-order valence-electron chi connectivity index (χ3n) is 2.86. The molecule has 0 aliphatic carbocycles. The summed E-state index contributed by atoms with van der Waals surface area (Å²) in [7, 11) is 1.77. The molecule has 4 heteroatoms. The van der Waals surface area contributed by atoms with Crippen LogP contribution in [0.25, 0.3) is 0 Å². The lowest BCUT2D eigenvalue weighted by molar-refractivity contribution is 0.0785. The van der Waals surface area contributed by atoms with Crippen molar-refractivity contribution >= 4 is 17.5 Å². The van der Waals surface area contributed by atoms with Crippen molar-refractivity contribution in [2.45, 2.75) is 13.5 Å². The normalized spacial score (nSPS) is 10.3. The van der Waals surface area contributed by atoms with Gasteiger partial charge in [0.25, 0.3) is 5.91 Å². The largest absolute Gasteiger partial charge is 0.337 e. The Hall–Kier alpha value is -1.87. The molecule has 0 aliphatic rings. The molecule has 0 bridgehead atoms. The zero-order chi connectivity index (χ0) is 13.8. The first kappa shape index (κ1) is 13.6. The van der Waals surface area contributed by atoms with E-state index in [1.807, 2.05) is 31.2 Å². The van der Waals surface area contributed by atoms with E-state index in [1.54, 1.807) is 24.1 Å². The van der Waals surface area contributed by atoms with Crippen molar-refractivity contribution in [3.8, 4) is 0 Å². The Morgan fingerprint density at radius 3 is 2.58 bits per heavy atom. The first-order valence-electron chi connectivity index (χ1n) is 5.99. The van der Waals surface area contributed by atoms with Crippen LogP contribution in [-0.2, 0) is 6.54 Å². The number of rotatable bonds is 3. The summed E-state index contributed by atoms with van der Waals surface area (Å²) in [5.41, 5.74) is 2.86. The van der Waals surface area contributed by atoms with Crippen LogP contribution < -0.4 is 0 Å². The maximum Gasteiger partial charge on any atom is 0.254 e. The van der Waals surface area contributed by atoms with Crippen LogP contribution in [0.4, 0.5) is 0 Å². The number of halogens is 1. The molecule has 0 atom stereocenters. The standard InChI is InChI=1S/C15H15ClN2O/c1-11-3-5-12(6-4-11)10-18(2)15(19)13-7-8-17-14(16)9-13/h3-9H,10H2,1-2H3. The van der Waals surface area contributed by atoms with Gasteiger partial charge in [-0.05, 0) is 24.6 Å². The molecule has 1 heterocycles. The number of nitrogens with zero attached hydrogens (tertiary/aromatic N) is 2. The summed E-state index contributed by atoms with van der Waals surface area (Å²) < 4.78 is 0. The van der Waals surface area contributed by atoms with Crippen LogP contribution >= 0.6 is 11.6 Å². The van der Waals surface area contributed by atoms with Crippen molar-refractivity contribution in [2.75, 3.05) is 7.05 Å². The number of carbonyl (C=O) groups excluding carboxylic acids is 1. The molecule has 1 aromatic heterocycles. The second-order valence-corrected chi connectivity index (χ2v) is 4.90. The van der Waals surface area contributed by atoms with Gasteiger partial charge in [0.2, 0.25) is 0 Å². The van der Waals surface area contributed by atoms with Gasteiger partial charge in [0, 0.05) is 25.4 Å². The molecule has 0 N–H and O–H groups in total. The molecule has 19 heavy (non-hydrogen) atoms. The molecule has 2 rings (SSSR count). The number of benzene rings is 1. The smallest absolute Gasteiger partial charge is 0.254 e. The maximum atomic E-state index is 12.2. The van der Waals surface area contributed by atoms with E-state index in [9.17, 15) is 4.79 Å². The Bertz CT molecular complexity index is 581. The van der Waals surface area contributed by atoms with E-state index in [0.29, 0.717) is 17.3 Å². The van der Waals surface area contributed by atoms with Crippen LogP contribution in [0, 0.1) is 6.92 Å². The van der Waals surface area contributed by atoms with E-state index >= 15 is 0 Å². The molecular weight excluding hydrogens is 260 g/mol. The van der Waals surface area contributed by atoms with Crippen LogP contribution in [0.5, 0.6) is 0 Å². The minimum atomic E-state index is -0.0649. The van der Waals surface area contributed by atoms with Gasteiger partial charge in [-0.15, -0.1) is 0 Å². The summed E-state index contributed by atoms with van der Waals surface area (Å²) in [5.74, 6) is -0.0649. The third kappa shape index (κ3) is 3.55. The predicted octanol–water partition coefficient (Wildman–Crippen LogP) is 3.32. The Morgan fingerprint density at radius 1 is 1.26 bits per heavy atom. The zero-order valence-corrected chi connectivity index (χ0v) is 11.7. The molecule has 0 saturated carbocycles. The van der Waals surface area contributed by atoms with Crippen LogP contribution in [0.1, 0.15) is 21.5 Å². The van der Waals surface area contributed by atoms with Crippen molar-refractivity contribution in [2.24, 2.45) is 0 Å². The lowest BCUT2D eigenvalue weighted by Crippen LogP contribution is -2.26. The minimum Gasteiger partial charge on any atom is -0.337 e. The van der Waals surface area contributed by atoms with Gasteiger partial charge in [0.1, 0.15) is 5.15 Å². The van der Waals surface area contributed by atoms with Crippen molar-refractivity contribution in [3.05, 3.63) is 64.4 Å². The Labute approximate surface area is 117 Å². The Balaban J connectivity index is 2.09. The number of pyridine rings is 1. The van der Waals surface area contributed by atoms with E-state index in [1.165, 1.54) is 11.8 Å². The number of amides is 1. The van der Waals surface area contributed by atoms with Crippen molar-refractivity contribution < 1.29 is 4.79 Å². The molecule has 0 fully saturated rings. The molecule has 2 aromatic rings. The molecule has 3 nitrogen and oxygen atoms in total. The van der Waals surface area contributed by atoms with E-state index in [4.69, 9.17) is 11.6 Å². The molecule has 0 unspecified atom stereocenters. The number of hydrogen-bond donors (Lipinski definition) is 0. The van der Waals surface area contributed by atoms with Crippen LogP contribution in [-0.4, -0.2) is 22.8 Å². The van der Waals surface area contributed by atoms with E-state index in [-0.39, 0.29) is 5.91 Å². The number of aryl methyl sites for hydroxylation is 1. The van der Waals surface area contributed by atoms with Gasteiger partial charge in [-0.25, -0.2) is 4.98 Å². The predicted molar refractivity (Wildman–Crippen MR) is 76.2 cm³/mol. The van der Waals surface area contributed by atoms with Gasteiger partial charge in [-0.2, -0.15) is 0 Å². The second kappa shape index (κ2) is 5.85. The average molecular weight is 275 g/mol. The second-order valence-electron chi connectivity index (χ2n) is 4.51. The lowest BCUT2D eigenvalue weighted by atomic mass is 10.1. The molecule has 0 spiro atoms. The Morgan fingerprint density at radius 2 is 1.95 bits per heavy atom. The number of hydrogen-bond acceptors (Lipinski definition) is 2. The fraction of sp³-hybridized carbons (Fsp3) is 0.200. The number of carbonyl (C=O) groups is 1. The van der Waals surface area contributed by atoms with E-state index < -0.39 is 0 Å². The van der Waals surface area contributed by atoms with Crippen LogP contribution in [0.15, 0.2) is 42.6 Å². The van der Waals surface area contributed by atoms with Gasteiger partial charge in [0.15, 0.2) is 0 Å². The number of aromatic nitrogens is 1. The van der Waals surface area contributed by atoms with E-state index in [0.717, 1.165) is 5.56 Å². The minimum absolute atomic E-state index is 0.0649. The molecule has 1 amide bonds. The first-order chi connectivity index (χ1) is 9.06. The summed E-state index contributed by atoms with van der Waals surface area (Å²) in [5, 5.41) is 0.328. The highest BCUT2D eigenvalue weighted by Gasteiger charge is 2.12. The molecule has 0 saturated heterocycles. The molecular formula is C15H15ClN2O. The van der Waals surface area contributed by atoms with Gasteiger partial charge < -0.3 is 4.90 Å². The average Bonchev–Trinajstić information content (AvgIpc) is 2.40. The van der Waals surface area contributed by atoms with Gasteiger partial charge in [-0.1, -0.05) is 41.4 Å². The fourth-order valence-electron chi connectivity index (χ4n) is 1.80. The van der Waals surface area contributed by atoms with Crippen molar-refractivity contribution in [3.63, 3.8) is 0 Å². The summed E-state index contributed by atoms with van der Waals surface area (Å²) in [6.07, 6.45) is 1.54. The molecule has 0 radical (unpaired) electrons. The summed E-state index contributed by atoms with van der Waals surface area (Å²) >= 11 is 5.79. The lowest BCUT2D eigenvalue weighted by Gasteiger charge is -2.17. The van der Waals surface area contributed by atoms with Crippen LogP contribution in [0.2, 0.25) is 5.15 Å². The summed E-state index contributed by atoms with van der Waals surface area (Å²) in [6, 6.07) is 11.4. The van der Waals surface area contributed by atoms with Crippen LogP contribution in [0.3, 0.4) is 0 Å². The summed E-state index contributed by atoms with van der Waals surface area (Å²) in [4.78, 5) is 17.7. The highest BCUT2D eigenvalue weighted by atomic mass is 35.5. The Kier molecular flexibility index (Phi) is 4.17. The topological polar surface area (TPSA) is 33.2 Å².